The maximum absolute atomic E-state index is 14.8. The topological polar surface area (TPSA) is 47.4 Å². The predicted molar refractivity (Wildman–Crippen MR) is 132 cm³/mol. The first-order valence-electron chi connectivity index (χ1n) is 11.4. The molecular formula is C28H26FN3O2. The summed E-state index contributed by atoms with van der Waals surface area (Å²) in [5, 5.41) is 5.89. The molecule has 0 saturated carbocycles. The molecule has 0 radical (unpaired) electrons. The third-order valence-electron chi connectivity index (χ3n) is 6.46. The van der Waals surface area contributed by atoms with E-state index in [-0.39, 0.29) is 17.8 Å². The number of amides is 1. The molecule has 172 valence electrons. The number of likely N-dealkylation sites (tertiary alicyclic amines) is 1. The van der Waals surface area contributed by atoms with E-state index in [0.717, 1.165) is 47.1 Å². The molecule has 5 nitrogen and oxygen atoms in total. The van der Waals surface area contributed by atoms with Gasteiger partial charge >= 0.3 is 0 Å². The highest BCUT2D eigenvalue weighted by atomic mass is 19.1. The molecule has 1 atom stereocenters. The fraction of sp³-hybridized carbons (Fsp3) is 0.214. The number of carbonyl (C=O) groups excluding carboxylic acids is 1. The van der Waals surface area contributed by atoms with Crippen LogP contribution in [0.15, 0.2) is 79.4 Å². The monoisotopic (exact) mass is 455 g/mol. The van der Waals surface area contributed by atoms with Crippen molar-refractivity contribution in [2.45, 2.75) is 18.9 Å². The van der Waals surface area contributed by atoms with Crippen LogP contribution in [0.4, 0.5) is 4.39 Å². The average molecular weight is 456 g/mol. The summed E-state index contributed by atoms with van der Waals surface area (Å²) in [6.07, 6.45) is 3.18. The largest absolute Gasteiger partial charge is 0.496 e. The van der Waals surface area contributed by atoms with Crippen molar-refractivity contribution in [1.29, 1.82) is 0 Å². The molecule has 1 saturated heterocycles. The highest BCUT2D eigenvalue weighted by molar-refractivity contribution is 5.96. The lowest BCUT2D eigenvalue weighted by Gasteiger charge is -2.33. The number of hydrogen-bond acceptors (Lipinski definition) is 3. The zero-order valence-electron chi connectivity index (χ0n) is 19.1. The Hall–Kier alpha value is -3.93. The van der Waals surface area contributed by atoms with Gasteiger partial charge in [-0.3, -0.25) is 9.48 Å². The quantitative estimate of drug-likeness (QED) is 0.354. The van der Waals surface area contributed by atoms with E-state index in [0.29, 0.717) is 17.9 Å². The minimum atomic E-state index is -0.335. The Morgan fingerprint density at radius 2 is 1.94 bits per heavy atom. The van der Waals surface area contributed by atoms with E-state index in [1.807, 2.05) is 46.0 Å². The van der Waals surface area contributed by atoms with E-state index in [9.17, 15) is 9.18 Å². The van der Waals surface area contributed by atoms with E-state index in [1.54, 1.807) is 19.2 Å². The molecule has 1 fully saturated rings. The molecule has 1 unspecified atom stereocenters. The predicted octanol–water partition coefficient (Wildman–Crippen LogP) is 5.87. The van der Waals surface area contributed by atoms with Gasteiger partial charge in [0, 0.05) is 24.0 Å². The summed E-state index contributed by atoms with van der Waals surface area (Å²) in [7, 11) is 1.55. The molecule has 1 amide bonds. The normalized spacial score (nSPS) is 15.9. The number of carbonyl (C=O) groups is 1. The van der Waals surface area contributed by atoms with Gasteiger partial charge in [0.15, 0.2) is 0 Å². The molecule has 0 bridgehead atoms. The van der Waals surface area contributed by atoms with Crippen LogP contribution in [0.1, 0.15) is 18.9 Å². The summed E-state index contributed by atoms with van der Waals surface area (Å²) < 4.78 is 22.3. The lowest BCUT2D eigenvalue weighted by Crippen LogP contribution is -2.40. The second kappa shape index (κ2) is 9.14. The number of rotatable bonds is 5. The summed E-state index contributed by atoms with van der Waals surface area (Å²) in [6.45, 7) is 4.94. The average Bonchev–Trinajstić information content (AvgIpc) is 3.27. The second-order valence-electron chi connectivity index (χ2n) is 8.49. The lowest BCUT2D eigenvalue weighted by molar-refractivity contribution is -0.127. The van der Waals surface area contributed by atoms with Crippen molar-refractivity contribution in [3.8, 4) is 28.1 Å². The minimum absolute atomic E-state index is 0.0340. The molecule has 1 aliphatic heterocycles. The summed E-state index contributed by atoms with van der Waals surface area (Å²) >= 11 is 0. The van der Waals surface area contributed by atoms with Crippen LogP contribution >= 0.6 is 0 Å². The van der Waals surface area contributed by atoms with Crippen LogP contribution in [-0.4, -0.2) is 40.8 Å². The Morgan fingerprint density at radius 1 is 1.12 bits per heavy atom. The molecule has 1 aliphatic rings. The van der Waals surface area contributed by atoms with Crippen molar-refractivity contribution in [2.75, 3.05) is 20.2 Å². The Kier molecular flexibility index (Phi) is 5.88. The molecule has 2 heterocycles. The van der Waals surface area contributed by atoms with E-state index in [1.165, 1.54) is 12.1 Å². The van der Waals surface area contributed by atoms with Gasteiger partial charge in [0.25, 0.3) is 0 Å². The first-order chi connectivity index (χ1) is 16.6. The van der Waals surface area contributed by atoms with Crippen LogP contribution in [0.25, 0.3) is 33.3 Å². The van der Waals surface area contributed by atoms with Crippen molar-refractivity contribution < 1.29 is 13.9 Å². The van der Waals surface area contributed by atoms with E-state index < -0.39 is 0 Å². The number of hydrogen-bond donors (Lipinski definition) is 0. The van der Waals surface area contributed by atoms with Crippen LogP contribution in [0, 0.1) is 5.82 Å². The fourth-order valence-corrected chi connectivity index (χ4v) is 4.84. The van der Waals surface area contributed by atoms with Crippen LogP contribution in [0.3, 0.4) is 0 Å². The number of halogens is 1. The molecule has 0 spiro atoms. The van der Waals surface area contributed by atoms with Gasteiger partial charge in [-0.25, -0.2) is 4.39 Å². The third-order valence-corrected chi connectivity index (χ3v) is 6.46. The molecule has 4 aromatic rings. The molecule has 0 N–H and O–H groups in total. The van der Waals surface area contributed by atoms with Gasteiger partial charge in [0.1, 0.15) is 11.6 Å². The zero-order valence-corrected chi connectivity index (χ0v) is 19.1. The highest BCUT2D eigenvalue weighted by Crippen LogP contribution is 2.38. The van der Waals surface area contributed by atoms with E-state index in [2.05, 4.69) is 18.7 Å². The van der Waals surface area contributed by atoms with Crippen LogP contribution in [0.2, 0.25) is 0 Å². The number of fused-ring (bicyclic) bond motifs is 1. The summed E-state index contributed by atoms with van der Waals surface area (Å²) in [4.78, 5) is 14.1. The van der Waals surface area contributed by atoms with Gasteiger partial charge in [0.2, 0.25) is 5.91 Å². The van der Waals surface area contributed by atoms with Gasteiger partial charge < -0.3 is 9.64 Å². The van der Waals surface area contributed by atoms with Gasteiger partial charge in [-0.05, 0) is 48.7 Å². The maximum atomic E-state index is 14.8. The number of ether oxygens (including phenoxy) is 1. The number of nitrogens with zero attached hydrogens (tertiary/aromatic N) is 3. The molecule has 3 aromatic carbocycles. The molecule has 6 heteroatoms. The Balaban J connectivity index is 1.69. The summed E-state index contributed by atoms with van der Waals surface area (Å²) in [5.74, 6) is 0.0914. The molecule has 0 aliphatic carbocycles. The Labute approximate surface area is 198 Å². The maximum Gasteiger partial charge on any atom is 0.246 e. The fourth-order valence-electron chi connectivity index (χ4n) is 4.84. The van der Waals surface area contributed by atoms with Crippen LogP contribution < -0.4 is 4.74 Å². The molecular weight excluding hydrogens is 429 g/mol. The Morgan fingerprint density at radius 3 is 2.71 bits per heavy atom. The standard InChI is InChI=1S/C28H26FN3O2/c1-3-26(33)31-16-8-11-21(18-31)32-28(19-9-5-4-6-10-19)22-17-20(14-15-24(22)30-32)27-23(29)12-7-13-25(27)34-2/h3-7,9-10,12-15,17,21H,1,8,11,16,18H2,2H3. The van der Waals surface area contributed by atoms with Crippen molar-refractivity contribution in [3.05, 3.63) is 85.2 Å². The minimum Gasteiger partial charge on any atom is -0.496 e. The van der Waals surface area contributed by atoms with Crippen LogP contribution in [0.5, 0.6) is 5.75 Å². The lowest BCUT2D eigenvalue weighted by atomic mass is 9.99. The van der Waals surface area contributed by atoms with Gasteiger partial charge in [-0.1, -0.05) is 49.0 Å². The van der Waals surface area contributed by atoms with Crippen molar-refractivity contribution in [3.63, 3.8) is 0 Å². The van der Waals surface area contributed by atoms with Gasteiger partial charge in [0.05, 0.1) is 29.9 Å². The van der Waals surface area contributed by atoms with Crippen molar-refractivity contribution in [2.24, 2.45) is 0 Å². The Bertz CT molecular complexity index is 1360. The van der Waals surface area contributed by atoms with Crippen molar-refractivity contribution >= 4 is 16.8 Å². The van der Waals surface area contributed by atoms with Gasteiger partial charge in [-0.2, -0.15) is 5.10 Å². The molecule has 5 rings (SSSR count). The number of methoxy groups -OCH3 is 1. The summed E-state index contributed by atoms with van der Waals surface area (Å²) in [6, 6.07) is 20.7. The van der Waals surface area contributed by atoms with Crippen molar-refractivity contribution in [1.82, 2.24) is 14.7 Å². The van der Waals surface area contributed by atoms with Gasteiger partial charge in [-0.15, -0.1) is 0 Å². The first kappa shape index (κ1) is 21.9. The second-order valence-corrected chi connectivity index (χ2v) is 8.49. The summed E-state index contributed by atoms with van der Waals surface area (Å²) in [5.41, 5.74) is 3.97. The van der Waals surface area contributed by atoms with Crippen LogP contribution in [-0.2, 0) is 4.79 Å². The number of aromatic nitrogens is 2. The first-order valence-corrected chi connectivity index (χ1v) is 11.4. The third kappa shape index (κ3) is 3.85. The number of piperidine rings is 1. The molecule has 34 heavy (non-hydrogen) atoms. The SMILES string of the molecule is C=CC(=O)N1CCCC(n2nc3ccc(-c4c(F)cccc4OC)cc3c2-c2ccccc2)C1. The van der Waals surface area contributed by atoms with E-state index >= 15 is 0 Å². The smallest absolute Gasteiger partial charge is 0.246 e. The van der Waals surface area contributed by atoms with E-state index in [4.69, 9.17) is 9.84 Å². The highest BCUT2D eigenvalue weighted by Gasteiger charge is 2.27. The molecule has 1 aromatic heterocycles. The number of benzene rings is 3. The zero-order chi connectivity index (χ0) is 23.7.